The number of aromatic nitrogens is 1. The fraction of sp³-hybridized carbons (Fsp3) is 0.200. The van der Waals surface area contributed by atoms with Crippen LogP contribution in [-0.4, -0.2) is 10.8 Å². The smallest absolute Gasteiger partial charge is 0.196 e. The maximum Gasteiger partial charge on any atom is 0.196 e. The summed E-state index contributed by atoms with van der Waals surface area (Å²) in [5.74, 6) is 0.617. The standard InChI is InChI=1S/C30H29NO2/c1-4-30(2,3)26-17-11-16-25(29(26)33-21-22-12-6-5-7-13-22)28(32)24-15-10-14-23(20-24)27-18-8-9-19-31-27/h5-20H,4,21H2,1-3H3. The number of nitrogens with zero attached hydrogens (tertiary/aromatic N) is 1. The number of ketones is 1. The summed E-state index contributed by atoms with van der Waals surface area (Å²) in [6.07, 6.45) is 2.69. The highest BCUT2D eigenvalue weighted by Gasteiger charge is 2.27. The minimum Gasteiger partial charge on any atom is -0.488 e. The van der Waals surface area contributed by atoms with Crippen molar-refractivity contribution in [1.29, 1.82) is 0 Å². The van der Waals surface area contributed by atoms with Gasteiger partial charge in [0, 0.05) is 22.9 Å². The quantitative estimate of drug-likeness (QED) is 0.274. The third kappa shape index (κ3) is 5.04. The van der Waals surface area contributed by atoms with Crippen LogP contribution in [0.5, 0.6) is 5.75 Å². The van der Waals surface area contributed by atoms with E-state index >= 15 is 0 Å². The van der Waals surface area contributed by atoms with Gasteiger partial charge in [0.2, 0.25) is 0 Å². The first-order valence-electron chi connectivity index (χ1n) is 11.4. The van der Waals surface area contributed by atoms with Gasteiger partial charge in [0.05, 0.1) is 11.3 Å². The van der Waals surface area contributed by atoms with Crippen molar-refractivity contribution in [3.63, 3.8) is 0 Å². The van der Waals surface area contributed by atoms with Crippen LogP contribution >= 0.6 is 0 Å². The van der Waals surface area contributed by atoms with Gasteiger partial charge in [-0.05, 0) is 41.7 Å². The molecule has 4 rings (SSSR count). The van der Waals surface area contributed by atoms with Crippen molar-refractivity contribution in [2.24, 2.45) is 0 Å². The number of benzene rings is 3. The van der Waals surface area contributed by atoms with E-state index in [1.165, 1.54) is 0 Å². The van der Waals surface area contributed by atoms with E-state index in [1.54, 1.807) is 6.20 Å². The zero-order valence-electron chi connectivity index (χ0n) is 19.4. The van der Waals surface area contributed by atoms with Crippen LogP contribution in [0.15, 0.2) is 97.2 Å². The number of ether oxygens (including phenoxy) is 1. The van der Waals surface area contributed by atoms with Crippen molar-refractivity contribution in [2.75, 3.05) is 0 Å². The minimum atomic E-state index is -0.127. The molecule has 0 spiro atoms. The topological polar surface area (TPSA) is 39.2 Å². The van der Waals surface area contributed by atoms with Gasteiger partial charge in [0.25, 0.3) is 0 Å². The molecule has 0 aliphatic rings. The van der Waals surface area contributed by atoms with E-state index in [1.807, 2.05) is 84.9 Å². The summed E-state index contributed by atoms with van der Waals surface area (Å²) in [4.78, 5) is 18.2. The number of rotatable bonds is 8. The second-order valence-electron chi connectivity index (χ2n) is 8.82. The lowest BCUT2D eigenvalue weighted by molar-refractivity contribution is 0.103. The van der Waals surface area contributed by atoms with Crippen LogP contribution < -0.4 is 4.74 Å². The molecule has 4 aromatic rings. The van der Waals surface area contributed by atoms with Crippen LogP contribution in [0.25, 0.3) is 11.3 Å². The van der Waals surface area contributed by atoms with Gasteiger partial charge < -0.3 is 4.74 Å². The molecule has 0 fully saturated rings. The first-order valence-corrected chi connectivity index (χ1v) is 11.4. The van der Waals surface area contributed by atoms with Crippen molar-refractivity contribution >= 4 is 5.78 Å². The predicted octanol–water partition coefficient (Wildman–Crippen LogP) is 7.25. The van der Waals surface area contributed by atoms with Crippen molar-refractivity contribution < 1.29 is 9.53 Å². The number of para-hydroxylation sites is 1. The average Bonchev–Trinajstić information content (AvgIpc) is 2.88. The molecule has 33 heavy (non-hydrogen) atoms. The van der Waals surface area contributed by atoms with Crippen LogP contribution in [0.2, 0.25) is 0 Å². The maximum atomic E-state index is 13.7. The number of hydrogen-bond acceptors (Lipinski definition) is 3. The van der Waals surface area contributed by atoms with E-state index in [4.69, 9.17) is 4.74 Å². The lowest BCUT2D eigenvalue weighted by atomic mass is 9.80. The summed E-state index contributed by atoms with van der Waals surface area (Å²) in [5.41, 5.74) is 4.95. The van der Waals surface area contributed by atoms with Gasteiger partial charge in [-0.3, -0.25) is 9.78 Å². The largest absolute Gasteiger partial charge is 0.488 e. The molecule has 166 valence electrons. The molecule has 0 amide bonds. The Morgan fingerprint density at radius 2 is 1.64 bits per heavy atom. The Morgan fingerprint density at radius 3 is 2.36 bits per heavy atom. The third-order valence-electron chi connectivity index (χ3n) is 6.18. The molecule has 0 bridgehead atoms. The Bertz CT molecular complexity index is 1230. The Hall–Kier alpha value is -3.72. The zero-order chi connectivity index (χ0) is 23.3. The summed E-state index contributed by atoms with van der Waals surface area (Å²) in [6, 6.07) is 29.4. The molecule has 0 N–H and O–H groups in total. The molecular formula is C30H29NO2. The molecule has 0 saturated heterocycles. The fourth-order valence-corrected chi connectivity index (χ4v) is 3.83. The molecule has 0 aliphatic heterocycles. The summed E-state index contributed by atoms with van der Waals surface area (Å²) in [7, 11) is 0. The van der Waals surface area contributed by atoms with Crippen LogP contribution in [0.1, 0.15) is 54.2 Å². The van der Waals surface area contributed by atoms with Gasteiger partial charge in [0.15, 0.2) is 5.78 Å². The Morgan fingerprint density at radius 1 is 0.879 bits per heavy atom. The predicted molar refractivity (Wildman–Crippen MR) is 134 cm³/mol. The Labute approximate surface area is 196 Å². The highest BCUT2D eigenvalue weighted by atomic mass is 16.5. The number of hydrogen-bond donors (Lipinski definition) is 0. The number of carbonyl (C=O) groups is 1. The van der Waals surface area contributed by atoms with Gasteiger partial charge in [0.1, 0.15) is 12.4 Å². The van der Waals surface area contributed by atoms with Crippen LogP contribution in [-0.2, 0) is 12.0 Å². The van der Waals surface area contributed by atoms with Gasteiger partial charge in [-0.2, -0.15) is 0 Å². The zero-order valence-corrected chi connectivity index (χ0v) is 19.4. The van der Waals surface area contributed by atoms with E-state index < -0.39 is 0 Å². The summed E-state index contributed by atoms with van der Waals surface area (Å²) in [6.45, 7) is 6.94. The lowest BCUT2D eigenvalue weighted by Crippen LogP contribution is -2.19. The molecule has 3 heteroatoms. The first-order chi connectivity index (χ1) is 16.0. The first kappa shape index (κ1) is 22.5. The van der Waals surface area contributed by atoms with Gasteiger partial charge >= 0.3 is 0 Å². The SMILES string of the molecule is CCC(C)(C)c1cccc(C(=O)c2cccc(-c3ccccn3)c2)c1OCc1ccccc1. The highest BCUT2D eigenvalue weighted by molar-refractivity contribution is 6.11. The summed E-state index contributed by atoms with van der Waals surface area (Å²) >= 11 is 0. The summed E-state index contributed by atoms with van der Waals surface area (Å²) < 4.78 is 6.37. The van der Waals surface area contributed by atoms with Crippen molar-refractivity contribution in [3.8, 4) is 17.0 Å². The maximum absolute atomic E-state index is 13.7. The van der Waals surface area contributed by atoms with Gasteiger partial charge in [-0.25, -0.2) is 0 Å². The van der Waals surface area contributed by atoms with Crippen LogP contribution in [0.3, 0.4) is 0 Å². The van der Waals surface area contributed by atoms with Gasteiger partial charge in [-0.1, -0.05) is 87.5 Å². The normalized spacial score (nSPS) is 11.2. The molecule has 0 radical (unpaired) electrons. The minimum absolute atomic E-state index is 0.0513. The van der Waals surface area contributed by atoms with Crippen LogP contribution in [0, 0.1) is 0 Å². The van der Waals surface area contributed by atoms with Crippen molar-refractivity contribution in [2.45, 2.75) is 39.2 Å². The third-order valence-corrected chi connectivity index (χ3v) is 6.18. The van der Waals surface area contributed by atoms with Crippen LogP contribution in [0.4, 0.5) is 0 Å². The molecular weight excluding hydrogens is 406 g/mol. The molecule has 3 nitrogen and oxygen atoms in total. The van der Waals surface area contributed by atoms with Crippen molar-refractivity contribution in [3.05, 3.63) is 119 Å². The fourth-order valence-electron chi connectivity index (χ4n) is 3.83. The molecule has 3 aromatic carbocycles. The molecule has 0 atom stereocenters. The Kier molecular flexibility index (Phi) is 6.69. The second kappa shape index (κ2) is 9.83. The van der Waals surface area contributed by atoms with E-state index in [0.29, 0.717) is 23.5 Å². The molecule has 0 aliphatic carbocycles. The second-order valence-corrected chi connectivity index (χ2v) is 8.82. The van der Waals surface area contributed by atoms with E-state index in [0.717, 1.165) is 28.8 Å². The number of pyridine rings is 1. The average molecular weight is 436 g/mol. The van der Waals surface area contributed by atoms with Crippen molar-refractivity contribution in [1.82, 2.24) is 4.98 Å². The monoisotopic (exact) mass is 435 g/mol. The molecule has 1 heterocycles. The Balaban J connectivity index is 1.75. The summed E-state index contributed by atoms with van der Waals surface area (Å²) in [5, 5.41) is 0. The molecule has 1 aromatic heterocycles. The molecule has 0 unspecified atom stereocenters. The van der Waals surface area contributed by atoms with Gasteiger partial charge in [-0.15, -0.1) is 0 Å². The highest BCUT2D eigenvalue weighted by Crippen LogP contribution is 2.38. The van der Waals surface area contributed by atoms with E-state index in [9.17, 15) is 4.79 Å². The lowest BCUT2D eigenvalue weighted by Gasteiger charge is -2.27. The van der Waals surface area contributed by atoms with E-state index in [-0.39, 0.29) is 11.2 Å². The van der Waals surface area contributed by atoms with E-state index in [2.05, 4.69) is 31.8 Å². The molecule has 0 saturated carbocycles. The number of carbonyl (C=O) groups excluding carboxylic acids is 1.